The predicted molar refractivity (Wildman–Crippen MR) is 107 cm³/mol. The Kier molecular flexibility index (Phi) is 8.99. The van der Waals surface area contributed by atoms with Crippen molar-refractivity contribution < 1.29 is 19.2 Å². The molecule has 0 radical (unpaired) electrons. The summed E-state index contributed by atoms with van der Waals surface area (Å²) in [5, 5.41) is 2.66. The van der Waals surface area contributed by atoms with Gasteiger partial charge in [0.2, 0.25) is 17.7 Å². The Morgan fingerprint density at radius 2 is 1.64 bits per heavy atom. The first-order chi connectivity index (χ1) is 13.1. The maximum Gasteiger partial charge on any atom is 0.247 e. The van der Waals surface area contributed by atoms with E-state index in [0.29, 0.717) is 12.7 Å². The third-order valence-electron chi connectivity index (χ3n) is 4.55. The number of carbonyl (C=O) groups excluding carboxylic acids is 4. The molecule has 0 bridgehead atoms. The van der Waals surface area contributed by atoms with Gasteiger partial charge in [-0.05, 0) is 23.8 Å². The lowest BCUT2D eigenvalue weighted by Crippen LogP contribution is -2.60. The van der Waals surface area contributed by atoms with Gasteiger partial charge in [-0.2, -0.15) is 0 Å². The lowest BCUT2D eigenvalue weighted by molar-refractivity contribution is -0.154. The van der Waals surface area contributed by atoms with Gasteiger partial charge in [-0.25, -0.2) is 0 Å². The van der Waals surface area contributed by atoms with Gasteiger partial charge in [0.25, 0.3) is 0 Å². The molecule has 3 N–H and O–H groups in total. The van der Waals surface area contributed by atoms with Gasteiger partial charge in [-0.3, -0.25) is 19.3 Å². The van der Waals surface area contributed by atoms with Crippen molar-refractivity contribution in [2.75, 3.05) is 0 Å². The SMILES string of the molecule is CC(=O)N(C(=O)[C@@H](N)C(C)C)[C@H](C(=O)N[C@H](C=O)Cc1ccccc1)C(C)C. The molecular weight excluding hydrogens is 358 g/mol. The van der Waals surface area contributed by atoms with Gasteiger partial charge in [0, 0.05) is 6.92 Å². The molecule has 0 saturated heterocycles. The predicted octanol–water partition coefficient (Wildman–Crippen LogP) is 1.30. The summed E-state index contributed by atoms with van der Waals surface area (Å²) in [6.45, 7) is 8.25. The third-order valence-corrected chi connectivity index (χ3v) is 4.55. The molecule has 3 atom stereocenters. The van der Waals surface area contributed by atoms with Gasteiger partial charge in [0.15, 0.2) is 0 Å². The van der Waals surface area contributed by atoms with Crippen molar-refractivity contribution in [1.82, 2.24) is 10.2 Å². The Labute approximate surface area is 166 Å². The van der Waals surface area contributed by atoms with Crippen LogP contribution in [0.3, 0.4) is 0 Å². The van der Waals surface area contributed by atoms with Gasteiger partial charge in [-0.15, -0.1) is 0 Å². The third kappa shape index (κ3) is 6.27. The zero-order valence-corrected chi connectivity index (χ0v) is 17.2. The number of hydrogen-bond acceptors (Lipinski definition) is 5. The second kappa shape index (κ2) is 10.7. The average Bonchev–Trinajstić information content (AvgIpc) is 2.64. The summed E-state index contributed by atoms with van der Waals surface area (Å²) in [6.07, 6.45) is 0.975. The molecule has 0 unspecified atom stereocenters. The number of benzene rings is 1. The molecule has 3 amide bonds. The standard InChI is InChI=1S/C21H31N3O4/c1-13(2)18(22)21(28)24(15(5)26)19(14(3)4)20(27)23-17(12-25)11-16-9-7-6-8-10-16/h6-10,12-14,17-19H,11,22H2,1-5H3,(H,23,27)/t17-,18-,19-/m0/s1. The molecule has 0 aromatic heterocycles. The fraction of sp³-hybridized carbons (Fsp3) is 0.524. The van der Waals surface area contributed by atoms with Crippen LogP contribution in [-0.2, 0) is 25.6 Å². The molecular formula is C21H31N3O4. The Balaban J connectivity index is 3.06. The van der Waals surface area contributed by atoms with Crippen LogP contribution in [0.15, 0.2) is 30.3 Å². The molecule has 7 nitrogen and oxygen atoms in total. The van der Waals surface area contributed by atoms with Crippen molar-refractivity contribution in [2.45, 2.75) is 59.2 Å². The molecule has 0 spiro atoms. The van der Waals surface area contributed by atoms with E-state index in [9.17, 15) is 19.2 Å². The van der Waals surface area contributed by atoms with Gasteiger partial charge < -0.3 is 15.8 Å². The van der Waals surface area contributed by atoms with Gasteiger partial charge in [0.1, 0.15) is 12.3 Å². The summed E-state index contributed by atoms with van der Waals surface area (Å²) in [4.78, 5) is 50.3. The van der Waals surface area contributed by atoms with Crippen LogP contribution in [0.4, 0.5) is 0 Å². The molecule has 0 aliphatic rings. The first-order valence-electron chi connectivity index (χ1n) is 9.48. The van der Waals surface area contributed by atoms with Crippen LogP contribution >= 0.6 is 0 Å². The van der Waals surface area contributed by atoms with Crippen molar-refractivity contribution in [3.8, 4) is 0 Å². The number of aldehydes is 1. The molecule has 0 aliphatic carbocycles. The van der Waals surface area contributed by atoms with Crippen LogP contribution in [0.2, 0.25) is 0 Å². The number of nitrogens with two attached hydrogens (primary N) is 1. The zero-order chi connectivity index (χ0) is 21.4. The van der Waals surface area contributed by atoms with Crippen LogP contribution in [0.1, 0.15) is 40.2 Å². The van der Waals surface area contributed by atoms with E-state index in [1.807, 2.05) is 30.3 Å². The minimum absolute atomic E-state index is 0.189. The Bertz CT molecular complexity index is 688. The van der Waals surface area contributed by atoms with Crippen LogP contribution in [-0.4, -0.2) is 47.0 Å². The van der Waals surface area contributed by atoms with E-state index in [-0.39, 0.29) is 11.8 Å². The van der Waals surface area contributed by atoms with E-state index < -0.39 is 35.8 Å². The van der Waals surface area contributed by atoms with E-state index in [1.165, 1.54) is 6.92 Å². The largest absolute Gasteiger partial charge is 0.344 e. The van der Waals surface area contributed by atoms with Crippen molar-refractivity contribution in [1.29, 1.82) is 0 Å². The van der Waals surface area contributed by atoms with E-state index in [0.717, 1.165) is 10.5 Å². The fourth-order valence-electron chi connectivity index (χ4n) is 2.92. The molecule has 28 heavy (non-hydrogen) atoms. The van der Waals surface area contributed by atoms with Crippen molar-refractivity contribution in [2.24, 2.45) is 17.6 Å². The van der Waals surface area contributed by atoms with Crippen LogP contribution in [0, 0.1) is 11.8 Å². The molecule has 0 aliphatic heterocycles. The summed E-state index contributed by atoms with van der Waals surface area (Å²) in [7, 11) is 0. The number of nitrogens with one attached hydrogen (secondary N) is 1. The quantitative estimate of drug-likeness (QED) is 0.619. The van der Waals surface area contributed by atoms with Crippen molar-refractivity contribution >= 4 is 24.0 Å². The summed E-state index contributed by atoms with van der Waals surface area (Å²) in [5.74, 6) is -2.24. The lowest BCUT2D eigenvalue weighted by atomic mass is 9.97. The lowest BCUT2D eigenvalue weighted by Gasteiger charge is -2.34. The second-order valence-corrected chi connectivity index (χ2v) is 7.63. The summed E-state index contributed by atoms with van der Waals surface area (Å²) in [5.41, 5.74) is 6.83. The number of rotatable bonds is 9. The normalized spacial score (nSPS) is 14.3. The fourth-order valence-corrected chi connectivity index (χ4v) is 2.92. The van der Waals surface area contributed by atoms with Crippen LogP contribution < -0.4 is 11.1 Å². The first kappa shape index (κ1) is 23.5. The highest BCUT2D eigenvalue weighted by Gasteiger charge is 2.38. The molecule has 1 aromatic rings. The first-order valence-corrected chi connectivity index (χ1v) is 9.48. The Morgan fingerprint density at radius 3 is 2.07 bits per heavy atom. The number of nitrogens with zero attached hydrogens (tertiary/aromatic N) is 1. The Hall–Kier alpha value is -2.54. The minimum Gasteiger partial charge on any atom is -0.344 e. The highest BCUT2D eigenvalue weighted by Crippen LogP contribution is 2.16. The van der Waals surface area contributed by atoms with E-state index in [1.54, 1.807) is 27.7 Å². The molecule has 7 heteroatoms. The molecule has 154 valence electrons. The molecule has 0 saturated carbocycles. The molecule has 1 aromatic carbocycles. The number of hydrogen-bond donors (Lipinski definition) is 2. The van der Waals surface area contributed by atoms with Crippen LogP contribution in [0.5, 0.6) is 0 Å². The maximum absolute atomic E-state index is 12.9. The number of imide groups is 1. The van der Waals surface area contributed by atoms with E-state index in [4.69, 9.17) is 5.73 Å². The van der Waals surface area contributed by atoms with Gasteiger partial charge >= 0.3 is 0 Å². The maximum atomic E-state index is 12.9. The molecule has 0 fully saturated rings. The summed E-state index contributed by atoms with van der Waals surface area (Å²) in [6, 6.07) is 6.56. The monoisotopic (exact) mass is 389 g/mol. The van der Waals surface area contributed by atoms with Crippen LogP contribution in [0.25, 0.3) is 0 Å². The molecule has 0 heterocycles. The van der Waals surface area contributed by atoms with Gasteiger partial charge in [0.05, 0.1) is 12.1 Å². The zero-order valence-electron chi connectivity index (χ0n) is 17.2. The van der Waals surface area contributed by atoms with Crippen molar-refractivity contribution in [3.63, 3.8) is 0 Å². The second-order valence-electron chi connectivity index (χ2n) is 7.63. The van der Waals surface area contributed by atoms with Gasteiger partial charge in [-0.1, -0.05) is 58.0 Å². The van der Waals surface area contributed by atoms with E-state index >= 15 is 0 Å². The minimum atomic E-state index is -1.05. The smallest absolute Gasteiger partial charge is 0.247 e. The highest BCUT2D eigenvalue weighted by atomic mass is 16.2. The van der Waals surface area contributed by atoms with E-state index in [2.05, 4.69) is 5.32 Å². The highest BCUT2D eigenvalue weighted by molar-refractivity contribution is 6.02. The number of carbonyl (C=O) groups is 4. The average molecular weight is 389 g/mol. The number of amides is 3. The Morgan fingerprint density at radius 1 is 1.07 bits per heavy atom. The summed E-state index contributed by atoms with van der Waals surface area (Å²) >= 11 is 0. The topological polar surface area (TPSA) is 110 Å². The molecule has 1 rings (SSSR count). The van der Waals surface area contributed by atoms with Crippen molar-refractivity contribution in [3.05, 3.63) is 35.9 Å². The summed E-state index contributed by atoms with van der Waals surface area (Å²) < 4.78 is 0.